The molecule has 266 valence electrons. The van der Waals surface area contributed by atoms with Gasteiger partial charge in [-0.1, -0.05) is 158 Å². The van der Waals surface area contributed by atoms with E-state index in [0.29, 0.717) is 0 Å². The second-order valence-corrected chi connectivity index (χ2v) is 15.2. The molecule has 0 fully saturated rings. The van der Waals surface area contributed by atoms with Gasteiger partial charge in [0.2, 0.25) is 0 Å². The van der Waals surface area contributed by atoms with Crippen LogP contribution in [0.15, 0.2) is 218 Å². The fourth-order valence-corrected chi connectivity index (χ4v) is 10.1. The number of fused-ring (bicyclic) bond motifs is 11. The fraction of sp³-hybridized carbons (Fsp3) is 0.0182. The highest BCUT2D eigenvalue weighted by Crippen LogP contribution is 2.56. The van der Waals surface area contributed by atoms with Crippen LogP contribution in [0.1, 0.15) is 22.3 Å². The number of rotatable bonds is 4. The minimum Gasteiger partial charge on any atom is -0.309 e. The van der Waals surface area contributed by atoms with Gasteiger partial charge in [-0.2, -0.15) is 0 Å². The van der Waals surface area contributed by atoms with Crippen LogP contribution >= 0.6 is 0 Å². The Labute approximate surface area is 331 Å². The summed E-state index contributed by atoms with van der Waals surface area (Å²) in [6, 6.07) is 81.0. The maximum absolute atomic E-state index is 2.50. The molecule has 0 atom stereocenters. The maximum Gasteiger partial charge on any atom is 0.0714 e. The predicted molar refractivity (Wildman–Crippen MR) is 238 cm³/mol. The Kier molecular flexibility index (Phi) is 6.88. The van der Waals surface area contributed by atoms with Crippen molar-refractivity contribution >= 4 is 43.6 Å². The Hall–Kier alpha value is -7.42. The van der Waals surface area contributed by atoms with E-state index >= 15 is 0 Å². The Bertz CT molecular complexity index is 3120. The molecule has 12 rings (SSSR count). The van der Waals surface area contributed by atoms with Crippen molar-refractivity contribution in [2.24, 2.45) is 0 Å². The minimum absolute atomic E-state index is 0.680. The quantitative estimate of drug-likeness (QED) is 0.171. The first-order chi connectivity index (χ1) is 28.3. The van der Waals surface area contributed by atoms with Crippen LogP contribution in [0, 0.1) is 0 Å². The first-order valence-corrected chi connectivity index (χ1v) is 19.8. The van der Waals surface area contributed by atoms with Crippen LogP contribution in [0.5, 0.6) is 0 Å². The average molecular weight is 725 g/mol. The summed E-state index contributed by atoms with van der Waals surface area (Å²) in [4.78, 5) is 0. The predicted octanol–water partition coefficient (Wildman–Crippen LogP) is 13.9. The van der Waals surface area contributed by atoms with Crippen LogP contribution in [0.4, 0.5) is 0 Å². The number of hydrogen-bond donors (Lipinski definition) is 0. The summed E-state index contributed by atoms with van der Waals surface area (Å²) in [5.41, 5.74) is 16.5. The first-order valence-electron chi connectivity index (χ1n) is 19.8. The Morgan fingerprint density at radius 1 is 0.263 bits per heavy atom. The van der Waals surface area contributed by atoms with Gasteiger partial charge in [-0.25, -0.2) is 0 Å². The largest absolute Gasteiger partial charge is 0.309 e. The molecule has 2 heteroatoms. The summed E-state index contributed by atoms with van der Waals surface area (Å²) in [5, 5.41) is 4.97. The number of benzene rings is 9. The number of para-hydroxylation sites is 4. The van der Waals surface area contributed by atoms with Crippen molar-refractivity contribution in [3.8, 4) is 33.6 Å². The van der Waals surface area contributed by atoms with Crippen LogP contribution in [0.25, 0.3) is 77.2 Å². The lowest BCUT2D eigenvalue weighted by molar-refractivity contribution is 0.754. The van der Waals surface area contributed by atoms with Crippen molar-refractivity contribution in [1.29, 1.82) is 0 Å². The summed E-state index contributed by atoms with van der Waals surface area (Å²) < 4.78 is 4.83. The fourth-order valence-electron chi connectivity index (χ4n) is 10.1. The molecule has 1 aliphatic rings. The highest BCUT2D eigenvalue weighted by Gasteiger charge is 2.44. The van der Waals surface area contributed by atoms with Gasteiger partial charge in [0, 0.05) is 32.9 Å². The Morgan fingerprint density at radius 2 is 0.614 bits per heavy atom. The van der Waals surface area contributed by atoms with E-state index in [1.165, 1.54) is 88.1 Å². The van der Waals surface area contributed by atoms with E-state index in [9.17, 15) is 0 Å². The maximum atomic E-state index is 2.50. The van der Waals surface area contributed by atoms with Gasteiger partial charge >= 0.3 is 0 Å². The Balaban J connectivity index is 1.25. The summed E-state index contributed by atoms with van der Waals surface area (Å²) in [6.45, 7) is 0. The van der Waals surface area contributed by atoms with Gasteiger partial charge in [0.25, 0.3) is 0 Å². The smallest absolute Gasteiger partial charge is 0.0714 e. The molecule has 2 aromatic heterocycles. The summed E-state index contributed by atoms with van der Waals surface area (Å²) in [6.07, 6.45) is 0. The summed E-state index contributed by atoms with van der Waals surface area (Å²) in [5.74, 6) is 0. The summed E-state index contributed by atoms with van der Waals surface area (Å²) >= 11 is 0. The van der Waals surface area contributed by atoms with Gasteiger partial charge in [-0.3, -0.25) is 0 Å². The highest BCUT2D eigenvalue weighted by atomic mass is 15.0. The third-order valence-electron chi connectivity index (χ3n) is 12.4. The summed E-state index contributed by atoms with van der Waals surface area (Å²) in [7, 11) is 0. The van der Waals surface area contributed by atoms with Gasteiger partial charge in [0.05, 0.1) is 27.5 Å². The van der Waals surface area contributed by atoms with Crippen molar-refractivity contribution in [3.63, 3.8) is 0 Å². The van der Waals surface area contributed by atoms with Gasteiger partial charge < -0.3 is 9.13 Å². The van der Waals surface area contributed by atoms with E-state index in [0.717, 1.165) is 11.4 Å². The van der Waals surface area contributed by atoms with E-state index in [1.807, 2.05) is 0 Å². The highest BCUT2D eigenvalue weighted by molar-refractivity contribution is 6.11. The lowest BCUT2D eigenvalue weighted by Gasteiger charge is -2.38. The normalized spacial score (nSPS) is 13.1. The van der Waals surface area contributed by atoms with Crippen molar-refractivity contribution < 1.29 is 0 Å². The molecule has 2 heterocycles. The molecule has 0 spiro atoms. The topological polar surface area (TPSA) is 9.86 Å². The molecule has 0 bridgehead atoms. The van der Waals surface area contributed by atoms with E-state index in [-0.39, 0.29) is 0 Å². The van der Waals surface area contributed by atoms with Crippen molar-refractivity contribution in [2.75, 3.05) is 0 Å². The SMILES string of the molecule is c1ccc(-n2c3ccccc3c3cc(C4(c5ccc6c(c5)c5ccccc5n6-c5ccccc5)c5ccccc5-c5ccccc5-c5ccccc54)ccc32)cc1. The average Bonchev–Trinajstić information content (AvgIpc) is 3.76. The zero-order valence-corrected chi connectivity index (χ0v) is 31.2. The molecule has 0 radical (unpaired) electrons. The van der Waals surface area contributed by atoms with Crippen LogP contribution in [-0.2, 0) is 5.41 Å². The van der Waals surface area contributed by atoms with Crippen molar-refractivity contribution in [1.82, 2.24) is 9.13 Å². The molecule has 11 aromatic rings. The second kappa shape index (κ2) is 12.3. The van der Waals surface area contributed by atoms with Crippen LogP contribution < -0.4 is 0 Å². The van der Waals surface area contributed by atoms with Crippen LogP contribution in [-0.4, -0.2) is 9.13 Å². The molecule has 9 aromatic carbocycles. The third kappa shape index (κ3) is 4.47. The van der Waals surface area contributed by atoms with Gasteiger partial charge in [-0.15, -0.1) is 0 Å². The standard InChI is InChI=1S/C55H36N2/c1-3-17-39(18-4-1)56-51-29-15-11-25-45(51)47-35-37(31-33-53(47)56)55(49-27-13-9-23-43(49)41-21-7-8-22-42(41)44-24-10-14-28-50(44)55)38-32-34-54-48(36-38)46-26-12-16-30-52(46)57(54)40-19-5-2-6-20-40/h1-36H. The van der Waals surface area contributed by atoms with E-state index < -0.39 is 5.41 Å². The van der Waals surface area contributed by atoms with Crippen LogP contribution in [0.2, 0.25) is 0 Å². The van der Waals surface area contributed by atoms with E-state index in [4.69, 9.17) is 0 Å². The third-order valence-corrected chi connectivity index (χ3v) is 12.4. The molecule has 0 unspecified atom stereocenters. The molecule has 0 N–H and O–H groups in total. The molecule has 0 aliphatic heterocycles. The minimum atomic E-state index is -0.680. The molecule has 57 heavy (non-hydrogen) atoms. The second-order valence-electron chi connectivity index (χ2n) is 15.2. The van der Waals surface area contributed by atoms with Crippen LogP contribution in [0.3, 0.4) is 0 Å². The zero-order valence-electron chi connectivity index (χ0n) is 31.2. The molecule has 2 nitrogen and oxygen atoms in total. The molecular formula is C55H36N2. The lowest BCUT2D eigenvalue weighted by atomic mass is 9.63. The molecule has 0 saturated heterocycles. The van der Waals surface area contributed by atoms with E-state index in [1.54, 1.807) is 0 Å². The lowest BCUT2D eigenvalue weighted by Crippen LogP contribution is -2.31. The number of aromatic nitrogens is 2. The molecule has 1 aliphatic carbocycles. The van der Waals surface area contributed by atoms with Gasteiger partial charge in [-0.05, 0) is 105 Å². The first kappa shape index (κ1) is 31.9. The number of nitrogens with zero attached hydrogens (tertiary/aromatic N) is 2. The number of hydrogen-bond acceptors (Lipinski definition) is 0. The molecule has 0 saturated carbocycles. The molecule has 0 amide bonds. The van der Waals surface area contributed by atoms with Gasteiger partial charge in [0.15, 0.2) is 0 Å². The monoisotopic (exact) mass is 724 g/mol. The van der Waals surface area contributed by atoms with Gasteiger partial charge in [0.1, 0.15) is 0 Å². The van der Waals surface area contributed by atoms with Crippen molar-refractivity contribution in [3.05, 3.63) is 241 Å². The Morgan fingerprint density at radius 3 is 1.07 bits per heavy atom. The zero-order chi connectivity index (χ0) is 37.5. The van der Waals surface area contributed by atoms with Crippen molar-refractivity contribution in [2.45, 2.75) is 5.41 Å². The van der Waals surface area contributed by atoms with E-state index in [2.05, 4.69) is 228 Å². The molecular weight excluding hydrogens is 689 g/mol.